The van der Waals surface area contributed by atoms with Crippen molar-refractivity contribution in [2.24, 2.45) is 0 Å². The number of halogens is 3. The van der Waals surface area contributed by atoms with Gasteiger partial charge in [-0.1, -0.05) is 12.1 Å². The molecular formula is C23H25F3N6O. The van der Waals surface area contributed by atoms with Crippen molar-refractivity contribution in [1.82, 2.24) is 29.5 Å². The molecule has 7 nitrogen and oxygen atoms in total. The number of aryl methyl sites for hydroxylation is 1. The summed E-state index contributed by atoms with van der Waals surface area (Å²) in [6.07, 6.45) is -0.319. The van der Waals surface area contributed by atoms with Gasteiger partial charge in [-0.3, -0.25) is 4.98 Å². The molecule has 33 heavy (non-hydrogen) atoms. The highest BCUT2D eigenvalue weighted by atomic mass is 19.3. The Morgan fingerprint density at radius 2 is 2.00 bits per heavy atom. The lowest BCUT2D eigenvalue weighted by molar-refractivity contribution is 0.105. The van der Waals surface area contributed by atoms with Crippen molar-refractivity contribution in [3.05, 3.63) is 53.0 Å². The molecule has 2 aliphatic heterocycles. The number of alkyl halides is 2. The summed E-state index contributed by atoms with van der Waals surface area (Å²) in [5, 5.41) is 8.81. The molecule has 3 aromatic rings. The molecule has 1 fully saturated rings. The first kappa shape index (κ1) is 21.7. The van der Waals surface area contributed by atoms with Crippen LogP contribution in [0, 0.1) is 12.7 Å². The van der Waals surface area contributed by atoms with Gasteiger partial charge in [0.1, 0.15) is 11.6 Å². The first-order valence-corrected chi connectivity index (χ1v) is 11.1. The normalized spacial score (nSPS) is 21.0. The van der Waals surface area contributed by atoms with Gasteiger partial charge < -0.3 is 14.4 Å². The Kier molecular flexibility index (Phi) is 5.46. The van der Waals surface area contributed by atoms with E-state index in [4.69, 9.17) is 0 Å². The lowest BCUT2D eigenvalue weighted by Crippen LogP contribution is -2.52. The highest BCUT2D eigenvalue weighted by Gasteiger charge is 2.35. The molecule has 0 N–H and O–H groups in total. The Morgan fingerprint density at radius 3 is 2.76 bits per heavy atom. The molecule has 1 saturated heterocycles. The predicted octanol–water partition coefficient (Wildman–Crippen LogP) is 4.42. The number of hydrogen-bond donors (Lipinski definition) is 0. The summed E-state index contributed by atoms with van der Waals surface area (Å²) in [7, 11) is 0. The van der Waals surface area contributed by atoms with Crippen molar-refractivity contribution in [3.63, 3.8) is 0 Å². The molecule has 10 heteroatoms. The van der Waals surface area contributed by atoms with Gasteiger partial charge in [0, 0.05) is 42.2 Å². The minimum Gasteiger partial charge on any atom is -0.322 e. The summed E-state index contributed by atoms with van der Waals surface area (Å²) in [6.45, 7) is 6.04. The molecule has 4 heterocycles. The van der Waals surface area contributed by atoms with Gasteiger partial charge in [0.15, 0.2) is 5.82 Å². The van der Waals surface area contributed by atoms with Crippen LogP contribution in [0.15, 0.2) is 24.4 Å². The Morgan fingerprint density at radius 1 is 1.18 bits per heavy atom. The fourth-order valence-corrected chi connectivity index (χ4v) is 5.12. The summed E-state index contributed by atoms with van der Waals surface area (Å²) < 4.78 is 43.1. The fraction of sp³-hybridized carbons (Fsp3) is 0.478. The molecule has 2 amide bonds. The minimum atomic E-state index is -2.61. The third-order valence-electron chi connectivity index (χ3n) is 6.88. The first-order valence-electron chi connectivity index (χ1n) is 11.1. The third-order valence-corrected chi connectivity index (χ3v) is 6.88. The van der Waals surface area contributed by atoms with Crippen LogP contribution in [0.25, 0.3) is 10.9 Å². The van der Waals surface area contributed by atoms with Crippen molar-refractivity contribution >= 4 is 16.9 Å². The van der Waals surface area contributed by atoms with Crippen LogP contribution < -0.4 is 0 Å². The number of benzene rings is 1. The molecule has 1 aromatic carbocycles. The largest absolute Gasteiger partial charge is 0.322 e. The van der Waals surface area contributed by atoms with Crippen molar-refractivity contribution in [3.8, 4) is 0 Å². The van der Waals surface area contributed by atoms with Crippen molar-refractivity contribution in [1.29, 1.82) is 0 Å². The monoisotopic (exact) mass is 458 g/mol. The maximum absolute atomic E-state index is 14.9. The zero-order valence-corrected chi connectivity index (χ0v) is 18.5. The van der Waals surface area contributed by atoms with Crippen LogP contribution in [0.1, 0.15) is 54.9 Å². The zero-order valence-electron chi connectivity index (χ0n) is 18.5. The van der Waals surface area contributed by atoms with E-state index in [1.54, 1.807) is 4.90 Å². The van der Waals surface area contributed by atoms with Gasteiger partial charge in [-0.15, -0.1) is 10.2 Å². The Hall–Kier alpha value is -3.17. The van der Waals surface area contributed by atoms with Crippen LogP contribution in [-0.2, 0) is 13.1 Å². The molecule has 2 aromatic heterocycles. The second-order valence-corrected chi connectivity index (χ2v) is 8.88. The van der Waals surface area contributed by atoms with E-state index >= 15 is 0 Å². The SMILES string of the molecule is Cc1nnc2n1CCN(C(=O)N1CCC(c3c(F)cnc4cc(C(F)F)ccc34)C[C@H]1C)C2. The zero-order chi connectivity index (χ0) is 23.3. The van der Waals surface area contributed by atoms with Crippen LogP contribution in [0.3, 0.4) is 0 Å². The molecule has 2 aliphatic rings. The van der Waals surface area contributed by atoms with Crippen LogP contribution in [0.5, 0.6) is 0 Å². The van der Waals surface area contributed by atoms with E-state index < -0.39 is 12.2 Å². The van der Waals surface area contributed by atoms with E-state index in [0.29, 0.717) is 55.5 Å². The first-order chi connectivity index (χ1) is 15.8. The number of pyridine rings is 1. The highest BCUT2D eigenvalue weighted by molar-refractivity contribution is 5.83. The highest BCUT2D eigenvalue weighted by Crippen LogP contribution is 2.38. The number of likely N-dealkylation sites (tertiary alicyclic amines) is 1. The molecule has 0 bridgehead atoms. The second-order valence-electron chi connectivity index (χ2n) is 8.88. The number of carbonyl (C=O) groups excluding carboxylic acids is 1. The number of aromatic nitrogens is 4. The van der Waals surface area contributed by atoms with Gasteiger partial charge in [-0.25, -0.2) is 18.0 Å². The molecule has 174 valence electrons. The molecule has 1 unspecified atom stereocenters. The van der Waals surface area contributed by atoms with Crippen molar-refractivity contribution in [2.75, 3.05) is 13.1 Å². The predicted molar refractivity (Wildman–Crippen MR) is 115 cm³/mol. The van der Waals surface area contributed by atoms with Crippen LogP contribution in [0.4, 0.5) is 18.0 Å². The van der Waals surface area contributed by atoms with E-state index in [1.807, 2.05) is 23.3 Å². The maximum Gasteiger partial charge on any atom is 0.320 e. The topological polar surface area (TPSA) is 67.2 Å². The molecular weight excluding hydrogens is 433 g/mol. The van der Waals surface area contributed by atoms with Gasteiger partial charge in [0.2, 0.25) is 0 Å². The molecule has 0 saturated carbocycles. The number of fused-ring (bicyclic) bond motifs is 2. The fourth-order valence-electron chi connectivity index (χ4n) is 5.12. The molecule has 2 atom stereocenters. The Bertz CT molecular complexity index is 1210. The maximum atomic E-state index is 14.9. The standard InChI is InChI=1S/C23H25F3N6O/c1-13-9-15(21-17-4-3-16(22(25)26)10-19(17)27-11-18(21)24)5-6-31(13)23(33)30-7-8-32-14(2)28-29-20(32)12-30/h3-4,10-11,13,15,22H,5-9,12H2,1-2H3/t13-,15?/m1/s1. The summed E-state index contributed by atoms with van der Waals surface area (Å²) in [6, 6.07) is 4.05. The number of piperidine rings is 1. The van der Waals surface area contributed by atoms with E-state index in [1.165, 1.54) is 18.2 Å². The molecule has 0 spiro atoms. The second kappa shape index (κ2) is 8.31. The van der Waals surface area contributed by atoms with E-state index in [0.717, 1.165) is 17.8 Å². The van der Waals surface area contributed by atoms with Gasteiger partial charge in [-0.05, 0) is 38.7 Å². The van der Waals surface area contributed by atoms with Crippen LogP contribution in [-0.4, -0.2) is 54.7 Å². The van der Waals surface area contributed by atoms with Gasteiger partial charge >= 0.3 is 6.03 Å². The van der Waals surface area contributed by atoms with Crippen LogP contribution in [0.2, 0.25) is 0 Å². The van der Waals surface area contributed by atoms with E-state index in [2.05, 4.69) is 15.2 Å². The molecule has 0 aliphatic carbocycles. The summed E-state index contributed by atoms with van der Waals surface area (Å²) in [4.78, 5) is 20.9. The van der Waals surface area contributed by atoms with Gasteiger partial charge in [0.25, 0.3) is 6.43 Å². The molecule has 5 rings (SSSR count). The number of amides is 2. The molecule has 0 radical (unpaired) electrons. The van der Waals surface area contributed by atoms with Crippen LogP contribution >= 0.6 is 0 Å². The third kappa shape index (κ3) is 3.81. The van der Waals surface area contributed by atoms with Gasteiger partial charge in [0.05, 0.1) is 18.3 Å². The average molecular weight is 458 g/mol. The number of urea groups is 1. The van der Waals surface area contributed by atoms with Crippen molar-refractivity contribution < 1.29 is 18.0 Å². The smallest absolute Gasteiger partial charge is 0.320 e. The quantitative estimate of drug-likeness (QED) is 0.570. The average Bonchev–Trinajstić information content (AvgIpc) is 3.18. The Labute approximate surface area is 189 Å². The van der Waals surface area contributed by atoms with Crippen molar-refractivity contribution in [2.45, 2.75) is 58.2 Å². The van der Waals surface area contributed by atoms with E-state index in [-0.39, 0.29) is 23.6 Å². The number of hydrogen-bond acceptors (Lipinski definition) is 4. The van der Waals surface area contributed by atoms with E-state index in [9.17, 15) is 18.0 Å². The lowest BCUT2D eigenvalue weighted by atomic mass is 9.84. The number of nitrogens with zero attached hydrogens (tertiary/aromatic N) is 6. The summed E-state index contributed by atoms with van der Waals surface area (Å²) in [5.74, 6) is 1.07. The summed E-state index contributed by atoms with van der Waals surface area (Å²) in [5.41, 5.74) is 0.735. The number of rotatable bonds is 2. The lowest BCUT2D eigenvalue weighted by Gasteiger charge is -2.41. The minimum absolute atomic E-state index is 0.0468. The summed E-state index contributed by atoms with van der Waals surface area (Å²) >= 11 is 0. The number of carbonyl (C=O) groups is 1. The van der Waals surface area contributed by atoms with Gasteiger partial charge in [-0.2, -0.15) is 0 Å². The Balaban J connectivity index is 1.34.